The standard InChI is InChI=1S/C27H27N3O6/c1-17-12-22(25(32)28-18(2)15-31)8-11-24(17)21-5-3-4-20(13-21)16-35-23-9-6-19(7-10-23)14-30-26(33)29-27(34)36-30/h3-13,18,31H,14-16H2,1-2H3,(H,28,32)(H,29,33,34)/t18-/m1/s1. The molecule has 3 aromatic carbocycles. The molecule has 1 heterocycles. The molecule has 0 aliphatic heterocycles. The number of rotatable bonds is 9. The second-order valence-electron chi connectivity index (χ2n) is 8.57. The fraction of sp³-hybridized carbons (Fsp3) is 0.222. The molecule has 1 amide bonds. The Morgan fingerprint density at radius 3 is 2.53 bits per heavy atom. The van der Waals surface area contributed by atoms with E-state index in [1.807, 2.05) is 48.3 Å². The van der Waals surface area contributed by atoms with E-state index < -0.39 is 11.4 Å². The summed E-state index contributed by atoms with van der Waals surface area (Å²) in [5.41, 5.74) is 4.71. The predicted molar refractivity (Wildman–Crippen MR) is 134 cm³/mol. The van der Waals surface area contributed by atoms with Crippen LogP contribution in [0.4, 0.5) is 0 Å². The number of ether oxygens (including phenoxy) is 1. The van der Waals surface area contributed by atoms with Gasteiger partial charge in [-0.25, -0.2) is 14.6 Å². The first kappa shape index (κ1) is 24.7. The minimum atomic E-state index is -0.786. The fourth-order valence-electron chi connectivity index (χ4n) is 3.75. The normalized spacial score (nSPS) is 11.8. The van der Waals surface area contributed by atoms with Crippen molar-refractivity contribution in [3.8, 4) is 16.9 Å². The summed E-state index contributed by atoms with van der Waals surface area (Å²) < 4.78 is 11.7. The Morgan fingerprint density at radius 1 is 1.08 bits per heavy atom. The van der Waals surface area contributed by atoms with Gasteiger partial charge in [0.2, 0.25) is 0 Å². The minimum Gasteiger partial charge on any atom is -0.489 e. The van der Waals surface area contributed by atoms with E-state index in [2.05, 4.69) is 5.32 Å². The molecule has 0 aliphatic rings. The molecule has 0 saturated heterocycles. The SMILES string of the molecule is Cc1cc(C(=O)N[C@H](C)CO)ccc1-c1cccc(COc2ccc(Cn3oc(=O)[nH]c3=O)cc2)c1. The third-order valence-electron chi connectivity index (χ3n) is 5.66. The lowest BCUT2D eigenvalue weighted by molar-refractivity contribution is 0.0922. The molecule has 36 heavy (non-hydrogen) atoms. The zero-order chi connectivity index (χ0) is 25.7. The number of benzene rings is 3. The van der Waals surface area contributed by atoms with Gasteiger partial charge in [-0.15, -0.1) is 4.74 Å². The first-order chi connectivity index (χ1) is 17.3. The summed E-state index contributed by atoms with van der Waals surface area (Å²) in [6.07, 6.45) is 0. The zero-order valence-electron chi connectivity index (χ0n) is 20.0. The number of H-pyrrole nitrogens is 1. The molecular weight excluding hydrogens is 462 g/mol. The van der Waals surface area contributed by atoms with Crippen LogP contribution in [0.1, 0.15) is 34.0 Å². The van der Waals surface area contributed by atoms with Crippen LogP contribution >= 0.6 is 0 Å². The van der Waals surface area contributed by atoms with Gasteiger partial charge in [-0.2, -0.15) is 0 Å². The third kappa shape index (κ3) is 6.00. The molecule has 0 saturated carbocycles. The second kappa shape index (κ2) is 10.9. The first-order valence-corrected chi connectivity index (χ1v) is 11.5. The summed E-state index contributed by atoms with van der Waals surface area (Å²) in [5, 5.41) is 11.9. The van der Waals surface area contributed by atoms with Crippen LogP contribution in [0.15, 0.2) is 80.8 Å². The van der Waals surface area contributed by atoms with Gasteiger partial charge in [0.25, 0.3) is 5.91 Å². The molecule has 1 aromatic heterocycles. The van der Waals surface area contributed by atoms with Crippen molar-refractivity contribution in [3.05, 3.63) is 110 Å². The van der Waals surface area contributed by atoms with Crippen molar-refractivity contribution in [2.45, 2.75) is 33.0 Å². The fourth-order valence-corrected chi connectivity index (χ4v) is 3.75. The van der Waals surface area contributed by atoms with Crippen LogP contribution < -0.4 is 21.5 Å². The van der Waals surface area contributed by atoms with Crippen LogP contribution in [0.5, 0.6) is 5.75 Å². The number of carbonyl (C=O) groups is 1. The molecule has 9 nitrogen and oxygen atoms in total. The number of nitrogens with zero attached hydrogens (tertiary/aromatic N) is 1. The number of hydrogen-bond acceptors (Lipinski definition) is 6. The van der Waals surface area contributed by atoms with E-state index >= 15 is 0 Å². The summed E-state index contributed by atoms with van der Waals surface area (Å²) in [7, 11) is 0. The molecule has 0 radical (unpaired) electrons. The molecule has 0 spiro atoms. The number of aryl methyl sites for hydroxylation is 1. The molecular formula is C27H27N3O6. The van der Waals surface area contributed by atoms with E-state index in [1.54, 1.807) is 37.3 Å². The zero-order valence-corrected chi connectivity index (χ0v) is 20.0. The highest BCUT2D eigenvalue weighted by atomic mass is 16.5. The number of amides is 1. The Balaban J connectivity index is 1.41. The molecule has 0 unspecified atom stereocenters. The lowest BCUT2D eigenvalue weighted by Gasteiger charge is -2.13. The maximum atomic E-state index is 12.3. The average molecular weight is 490 g/mol. The van der Waals surface area contributed by atoms with E-state index in [-0.39, 0.29) is 25.1 Å². The maximum Gasteiger partial charge on any atom is 0.440 e. The Kier molecular flexibility index (Phi) is 7.50. The Hall–Kier alpha value is -4.37. The van der Waals surface area contributed by atoms with Crippen molar-refractivity contribution in [1.29, 1.82) is 0 Å². The van der Waals surface area contributed by atoms with Crippen LogP contribution in [0.25, 0.3) is 11.1 Å². The minimum absolute atomic E-state index is 0.115. The smallest absolute Gasteiger partial charge is 0.440 e. The summed E-state index contributed by atoms with van der Waals surface area (Å²) in [6, 6.07) is 20.4. The van der Waals surface area contributed by atoms with Crippen molar-refractivity contribution < 1.29 is 19.2 Å². The van der Waals surface area contributed by atoms with E-state index in [0.29, 0.717) is 17.9 Å². The molecule has 4 rings (SSSR count). The van der Waals surface area contributed by atoms with Gasteiger partial charge < -0.3 is 19.7 Å². The lowest BCUT2D eigenvalue weighted by Crippen LogP contribution is -2.35. The van der Waals surface area contributed by atoms with Crippen LogP contribution in [0.3, 0.4) is 0 Å². The number of aliphatic hydroxyl groups excluding tert-OH is 1. The topological polar surface area (TPSA) is 127 Å². The molecule has 0 bridgehead atoms. The highest BCUT2D eigenvalue weighted by Crippen LogP contribution is 2.26. The summed E-state index contributed by atoms with van der Waals surface area (Å²) >= 11 is 0. The molecule has 0 aliphatic carbocycles. The average Bonchev–Trinajstić information content (AvgIpc) is 3.19. The summed E-state index contributed by atoms with van der Waals surface area (Å²) in [5.74, 6) is -0.341. The highest BCUT2D eigenvalue weighted by Gasteiger charge is 2.12. The number of hydrogen-bond donors (Lipinski definition) is 3. The van der Waals surface area contributed by atoms with Gasteiger partial charge in [-0.05, 0) is 72.0 Å². The van der Waals surface area contributed by atoms with Crippen LogP contribution in [0.2, 0.25) is 0 Å². The number of carbonyl (C=O) groups excluding carboxylic acids is 1. The van der Waals surface area contributed by atoms with Crippen LogP contribution in [-0.2, 0) is 13.2 Å². The van der Waals surface area contributed by atoms with E-state index in [9.17, 15) is 14.4 Å². The quantitative estimate of drug-likeness (QED) is 0.332. The Morgan fingerprint density at radius 2 is 1.86 bits per heavy atom. The number of aromatic amines is 1. The van der Waals surface area contributed by atoms with E-state index in [0.717, 1.165) is 32.6 Å². The van der Waals surface area contributed by atoms with Crippen LogP contribution in [0, 0.1) is 6.92 Å². The summed E-state index contributed by atoms with van der Waals surface area (Å²) in [6.45, 7) is 4.08. The Labute approximate surface area is 206 Å². The van der Waals surface area contributed by atoms with Crippen molar-refractivity contribution in [3.63, 3.8) is 0 Å². The molecule has 1 atom stereocenters. The molecule has 3 N–H and O–H groups in total. The van der Waals surface area contributed by atoms with Gasteiger partial charge in [0.15, 0.2) is 0 Å². The molecule has 9 heteroatoms. The predicted octanol–water partition coefficient (Wildman–Crippen LogP) is 2.84. The van der Waals surface area contributed by atoms with Crippen molar-refractivity contribution in [2.75, 3.05) is 6.61 Å². The molecule has 4 aromatic rings. The molecule has 186 valence electrons. The van der Waals surface area contributed by atoms with Crippen molar-refractivity contribution in [2.24, 2.45) is 0 Å². The highest BCUT2D eigenvalue weighted by molar-refractivity contribution is 5.95. The van der Waals surface area contributed by atoms with Gasteiger partial charge in [-0.3, -0.25) is 4.79 Å². The number of aliphatic hydroxyl groups is 1. The number of nitrogens with one attached hydrogen (secondary N) is 2. The van der Waals surface area contributed by atoms with Gasteiger partial charge in [0, 0.05) is 11.6 Å². The van der Waals surface area contributed by atoms with Gasteiger partial charge in [0.1, 0.15) is 12.4 Å². The Bertz CT molecular complexity index is 1470. The van der Waals surface area contributed by atoms with Crippen molar-refractivity contribution in [1.82, 2.24) is 15.0 Å². The summed E-state index contributed by atoms with van der Waals surface area (Å²) in [4.78, 5) is 37.1. The van der Waals surface area contributed by atoms with Gasteiger partial charge in [-0.1, -0.05) is 36.4 Å². The van der Waals surface area contributed by atoms with Gasteiger partial charge >= 0.3 is 11.4 Å². The third-order valence-corrected chi connectivity index (χ3v) is 5.66. The largest absolute Gasteiger partial charge is 0.489 e. The monoisotopic (exact) mass is 489 g/mol. The van der Waals surface area contributed by atoms with Gasteiger partial charge in [0.05, 0.1) is 13.2 Å². The second-order valence-corrected chi connectivity index (χ2v) is 8.57. The first-order valence-electron chi connectivity index (χ1n) is 11.5. The van der Waals surface area contributed by atoms with E-state index in [1.165, 1.54) is 0 Å². The molecule has 0 fully saturated rings. The number of aromatic nitrogens is 2. The van der Waals surface area contributed by atoms with E-state index in [4.69, 9.17) is 14.4 Å². The van der Waals surface area contributed by atoms with Crippen LogP contribution in [-0.4, -0.2) is 33.4 Å². The van der Waals surface area contributed by atoms with Crippen molar-refractivity contribution >= 4 is 5.91 Å². The maximum absolute atomic E-state index is 12.3. The lowest BCUT2D eigenvalue weighted by atomic mass is 9.97.